The first-order chi connectivity index (χ1) is 10.2. The van der Waals surface area contributed by atoms with E-state index >= 15 is 0 Å². The first-order valence-corrected chi connectivity index (χ1v) is 6.88. The number of benzene rings is 2. The summed E-state index contributed by atoms with van der Waals surface area (Å²) in [5.74, 6) is 1.51. The van der Waals surface area contributed by atoms with Gasteiger partial charge >= 0.3 is 0 Å². The molecule has 2 rings (SSSR count). The van der Waals surface area contributed by atoms with Gasteiger partial charge in [-0.2, -0.15) is 0 Å². The maximum Gasteiger partial charge on any atom is 0.160 e. The van der Waals surface area contributed by atoms with Crippen LogP contribution in [0.25, 0.3) is 0 Å². The van der Waals surface area contributed by atoms with Crippen molar-refractivity contribution in [1.29, 1.82) is 0 Å². The van der Waals surface area contributed by atoms with Crippen LogP contribution < -0.4 is 14.8 Å². The molecule has 112 valence electrons. The zero-order chi connectivity index (χ0) is 15.2. The van der Waals surface area contributed by atoms with Crippen molar-refractivity contribution >= 4 is 0 Å². The number of methoxy groups -OCH3 is 2. The zero-order valence-electron chi connectivity index (χ0n) is 12.6. The molecule has 0 aliphatic heterocycles. The molecule has 0 unspecified atom stereocenters. The minimum atomic E-state index is 0.152. The fraction of sp³-hybridized carbons (Fsp3) is 0.294. The minimum absolute atomic E-state index is 0.152. The van der Waals surface area contributed by atoms with Crippen molar-refractivity contribution in [2.45, 2.75) is 19.5 Å². The van der Waals surface area contributed by atoms with Crippen LogP contribution >= 0.6 is 0 Å². The van der Waals surface area contributed by atoms with Crippen LogP contribution in [-0.4, -0.2) is 19.3 Å². The van der Waals surface area contributed by atoms with E-state index in [0.29, 0.717) is 12.3 Å². The standard InChI is InChI=1S/C17H21NO3/c1-12(14-6-4-5-7-16(14)20-2)18-11-13-8-9-15(19)17(10-13)21-3/h4-10,12,18-19H,11H2,1-3H3/t12-/m0/s1. The van der Waals surface area contributed by atoms with Crippen molar-refractivity contribution in [2.75, 3.05) is 14.2 Å². The molecule has 0 radical (unpaired) electrons. The number of phenols is 1. The van der Waals surface area contributed by atoms with Gasteiger partial charge in [0.15, 0.2) is 11.5 Å². The van der Waals surface area contributed by atoms with E-state index in [4.69, 9.17) is 9.47 Å². The highest BCUT2D eigenvalue weighted by Gasteiger charge is 2.10. The summed E-state index contributed by atoms with van der Waals surface area (Å²) in [5.41, 5.74) is 2.16. The SMILES string of the molecule is COc1cc(CN[C@@H](C)c2ccccc2OC)ccc1O. The Hall–Kier alpha value is -2.20. The van der Waals surface area contributed by atoms with Crippen molar-refractivity contribution in [3.8, 4) is 17.2 Å². The topological polar surface area (TPSA) is 50.7 Å². The van der Waals surface area contributed by atoms with Gasteiger partial charge in [0.05, 0.1) is 14.2 Å². The molecule has 0 fully saturated rings. The predicted molar refractivity (Wildman–Crippen MR) is 82.9 cm³/mol. The van der Waals surface area contributed by atoms with Crippen molar-refractivity contribution in [3.05, 3.63) is 53.6 Å². The zero-order valence-corrected chi connectivity index (χ0v) is 12.6. The van der Waals surface area contributed by atoms with E-state index in [2.05, 4.69) is 12.2 Å². The minimum Gasteiger partial charge on any atom is -0.504 e. The van der Waals surface area contributed by atoms with Crippen LogP contribution in [0.4, 0.5) is 0 Å². The Kier molecular flexibility index (Phi) is 5.06. The number of rotatable bonds is 6. The van der Waals surface area contributed by atoms with E-state index in [9.17, 15) is 5.11 Å². The highest BCUT2D eigenvalue weighted by Crippen LogP contribution is 2.27. The molecule has 2 aromatic carbocycles. The average Bonchev–Trinajstić information content (AvgIpc) is 2.53. The highest BCUT2D eigenvalue weighted by molar-refractivity contribution is 5.42. The molecular formula is C17H21NO3. The maximum absolute atomic E-state index is 9.60. The Bertz CT molecular complexity index is 598. The number of nitrogens with one attached hydrogen (secondary N) is 1. The van der Waals surface area contributed by atoms with Crippen LogP contribution in [0.15, 0.2) is 42.5 Å². The van der Waals surface area contributed by atoms with Gasteiger partial charge in [0, 0.05) is 18.2 Å². The fourth-order valence-electron chi connectivity index (χ4n) is 2.24. The lowest BCUT2D eigenvalue weighted by atomic mass is 10.1. The molecule has 4 heteroatoms. The predicted octanol–water partition coefficient (Wildman–Crippen LogP) is 3.26. The Morgan fingerprint density at radius 2 is 1.76 bits per heavy atom. The van der Waals surface area contributed by atoms with Gasteiger partial charge in [-0.3, -0.25) is 0 Å². The summed E-state index contributed by atoms with van der Waals surface area (Å²) in [6, 6.07) is 13.5. The normalized spacial score (nSPS) is 12.0. The van der Waals surface area contributed by atoms with Crippen molar-refractivity contribution in [1.82, 2.24) is 5.32 Å². The Balaban J connectivity index is 2.05. The van der Waals surface area contributed by atoms with E-state index < -0.39 is 0 Å². The van der Waals surface area contributed by atoms with Gasteiger partial charge in [-0.1, -0.05) is 24.3 Å². The lowest BCUT2D eigenvalue weighted by molar-refractivity contribution is 0.372. The third-order valence-electron chi connectivity index (χ3n) is 3.46. The van der Waals surface area contributed by atoms with Gasteiger partial charge in [-0.15, -0.1) is 0 Å². The molecule has 21 heavy (non-hydrogen) atoms. The monoisotopic (exact) mass is 287 g/mol. The summed E-state index contributed by atoms with van der Waals surface area (Å²) in [6.45, 7) is 2.77. The number of para-hydroxylation sites is 1. The molecule has 0 heterocycles. The molecule has 2 aromatic rings. The largest absolute Gasteiger partial charge is 0.504 e. The number of hydrogen-bond acceptors (Lipinski definition) is 4. The van der Waals surface area contributed by atoms with Crippen LogP contribution in [0.5, 0.6) is 17.2 Å². The first-order valence-electron chi connectivity index (χ1n) is 6.88. The van der Waals surface area contributed by atoms with Gasteiger partial charge in [0.1, 0.15) is 5.75 Å². The molecule has 1 atom stereocenters. The number of hydrogen-bond donors (Lipinski definition) is 2. The summed E-state index contributed by atoms with van der Waals surface area (Å²) in [4.78, 5) is 0. The molecule has 0 saturated heterocycles. The average molecular weight is 287 g/mol. The van der Waals surface area contributed by atoms with Crippen LogP contribution in [0, 0.1) is 0 Å². The summed E-state index contributed by atoms with van der Waals surface area (Å²) in [5, 5.41) is 13.0. The molecule has 0 spiro atoms. The van der Waals surface area contributed by atoms with Crippen LogP contribution in [0.1, 0.15) is 24.1 Å². The quantitative estimate of drug-likeness (QED) is 0.856. The van der Waals surface area contributed by atoms with Gasteiger partial charge in [0.2, 0.25) is 0 Å². The smallest absolute Gasteiger partial charge is 0.160 e. The molecule has 4 nitrogen and oxygen atoms in total. The van der Waals surface area contributed by atoms with Crippen molar-refractivity contribution in [3.63, 3.8) is 0 Å². The second-order valence-electron chi connectivity index (χ2n) is 4.85. The number of ether oxygens (including phenoxy) is 2. The summed E-state index contributed by atoms with van der Waals surface area (Å²) >= 11 is 0. The Labute approximate surface area is 125 Å². The first kappa shape index (κ1) is 15.2. The number of phenolic OH excluding ortho intramolecular Hbond substituents is 1. The van der Waals surface area contributed by atoms with Gasteiger partial charge in [-0.05, 0) is 30.7 Å². The summed E-state index contributed by atoms with van der Waals surface area (Å²) in [6.07, 6.45) is 0. The van der Waals surface area contributed by atoms with Crippen molar-refractivity contribution < 1.29 is 14.6 Å². The lowest BCUT2D eigenvalue weighted by Crippen LogP contribution is -2.18. The second-order valence-corrected chi connectivity index (χ2v) is 4.85. The van der Waals surface area contributed by atoms with Gasteiger partial charge < -0.3 is 19.9 Å². The Morgan fingerprint density at radius 3 is 2.48 bits per heavy atom. The van der Waals surface area contributed by atoms with E-state index in [1.54, 1.807) is 20.3 Å². The van der Waals surface area contributed by atoms with E-state index in [1.165, 1.54) is 0 Å². The molecule has 0 aliphatic carbocycles. The molecule has 0 saturated carbocycles. The highest BCUT2D eigenvalue weighted by atomic mass is 16.5. The Morgan fingerprint density at radius 1 is 1.05 bits per heavy atom. The van der Waals surface area contributed by atoms with Gasteiger partial charge in [0.25, 0.3) is 0 Å². The summed E-state index contributed by atoms with van der Waals surface area (Å²) in [7, 11) is 3.22. The van der Waals surface area contributed by atoms with Gasteiger partial charge in [-0.25, -0.2) is 0 Å². The second kappa shape index (κ2) is 6.99. The van der Waals surface area contributed by atoms with E-state index in [0.717, 1.165) is 16.9 Å². The maximum atomic E-state index is 9.60. The molecule has 0 amide bonds. The van der Waals surface area contributed by atoms with E-state index in [-0.39, 0.29) is 11.8 Å². The van der Waals surface area contributed by atoms with Crippen LogP contribution in [0.3, 0.4) is 0 Å². The molecular weight excluding hydrogens is 266 g/mol. The molecule has 0 aromatic heterocycles. The van der Waals surface area contributed by atoms with E-state index in [1.807, 2.05) is 36.4 Å². The van der Waals surface area contributed by atoms with Crippen molar-refractivity contribution in [2.24, 2.45) is 0 Å². The molecule has 2 N–H and O–H groups in total. The van der Waals surface area contributed by atoms with Crippen LogP contribution in [0.2, 0.25) is 0 Å². The summed E-state index contributed by atoms with van der Waals surface area (Å²) < 4.78 is 10.5. The fourth-order valence-corrected chi connectivity index (χ4v) is 2.24. The number of aromatic hydroxyl groups is 1. The molecule has 0 bridgehead atoms. The third kappa shape index (κ3) is 3.67. The lowest BCUT2D eigenvalue weighted by Gasteiger charge is -2.17. The van der Waals surface area contributed by atoms with Crippen LogP contribution in [-0.2, 0) is 6.54 Å². The molecule has 0 aliphatic rings. The third-order valence-corrected chi connectivity index (χ3v) is 3.46.